The average molecular weight is 243 g/mol. The van der Waals surface area contributed by atoms with E-state index in [-0.39, 0.29) is 0 Å². The predicted octanol–water partition coefficient (Wildman–Crippen LogP) is 2.30. The largest absolute Gasteiger partial charge is 0.493 e. The smallest absolute Gasteiger partial charge is 0.148 e. The first-order valence-electron chi connectivity index (χ1n) is 6.22. The molecule has 94 valence electrons. The van der Waals surface area contributed by atoms with Crippen molar-refractivity contribution in [1.82, 2.24) is 9.78 Å². The number of ether oxygens (including phenoxy) is 1. The van der Waals surface area contributed by atoms with E-state index in [9.17, 15) is 0 Å². The molecule has 2 N–H and O–H groups in total. The first-order chi connectivity index (χ1) is 8.66. The molecular weight excluding hydrogens is 226 g/mol. The Morgan fingerprint density at radius 3 is 2.94 bits per heavy atom. The molecule has 1 aromatic carbocycles. The zero-order chi connectivity index (χ0) is 12.7. The van der Waals surface area contributed by atoms with Crippen LogP contribution < -0.4 is 10.5 Å². The summed E-state index contributed by atoms with van der Waals surface area (Å²) in [5.41, 5.74) is 10.4. The normalized spacial score (nSPS) is 14.1. The second-order valence-electron chi connectivity index (χ2n) is 4.76. The van der Waals surface area contributed by atoms with Crippen molar-refractivity contribution in [2.75, 3.05) is 12.3 Å². The lowest BCUT2D eigenvalue weighted by molar-refractivity contribution is 0.288. The van der Waals surface area contributed by atoms with Crippen LogP contribution in [0.4, 0.5) is 5.82 Å². The standard InChI is InChI=1S/C14H17N3O/c1-9-13(17(2)16-14(9)15)11-5-6-12-10(8-11)4-3-7-18-12/h5-6,8H,3-4,7H2,1-2H3,(H2,15,16). The van der Waals surface area contributed by atoms with Gasteiger partial charge in [-0.2, -0.15) is 5.10 Å². The fourth-order valence-corrected chi connectivity index (χ4v) is 2.56. The topological polar surface area (TPSA) is 53.1 Å². The lowest BCUT2D eigenvalue weighted by atomic mass is 10.0. The Balaban J connectivity index is 2.12. The quantitative estimate of drug-likeness (QED) is 0.836. The maximum atomic E-state index is 5.86. The summed E-state index contributed by atoms with van der Waals surface area (Å²) in [6, 6.07) is 6.32. The molecule has 0 saturated heterocycles. The van der Waals surface area contributed by atoms with E-state index < -0.39 is 0 Å². The van der Waals surface area contributed by atoms with Gasteiger partial charge in [0.25, 0.3) is 0 Å². The predicted molar refractivity (Wildman–Crippen MR) is 71.6 cm³/mol. The van der Waals surface area contributed by atoms with Crippen molar-refractivity contribution in [3.63, 3.8) is 0 Å². The molecule has 0 bridgehead atoms. The van der Waals surface area contributed by atoms with Crippen LogP contribution >= 0.6 is 0 Å². The monoisotopic (exact) mass is 243 g/mol. The van der Waals surface area contributed by atoms with Gasteiger partial charge < -0.3 is 10.5 Å². The van der Waals surface area contributed by atoms with E-state index in [4.69, 9.17) is 10.5 Å². The van der Waals surface area contributed by atoms with Crippen LogP contribution in [-0.4, -0.2) is 16.4 Å². The molecule has 4 nitrogen and oxygen atoms in total. The minimum absolute atomic E-state index is 0.599. The summed E-state index contributed by atoms with van der Waals surface area (Å²) in [5.74, 6) is 1.61. The van der Waals surface area contributed by atoms with Crippen molar-refractivity contribution in [3.05, 3.63) is 29.3 Å². The minimum Gasteiger partial charge on any atom is -0.493 e. The fourth-order valence-electron chi connectivity index (χ4n) is 2.56. The maximum absolute atomic E-state index is 5.86. The van der Waals surface area contributed by atoms with Crippen molar-refractivity contribution in [2.24, 2.45) is 7.05 Å². The number of rotatable bonds is 1. The number of fused-ring (bicyclic) bond motifs is 1. The number of nitrogens with zero attached hydrogens (tertiary/aromatic N) is 2. The number of aromatic nitrogens is 2. The molecule has 0 radical (unpaired) electrons. The van der Waals surface area contributed by atoms with Crippen LogP contribution in [-0.2, 0) is 13.5 Å². The van der Waals surface area contributed by atoms with Crippen LogP contribution in [0.2, 0.25) is 0 Å². The van der Waals surface area contributed by atoms with E-state index >= 15 is 0 Å². The van der Waals surface area contributed by atoms with Crippen LogP contribution in [0.25, 0.3) is 11.3 Å². The van der Waals surface area contributed by atoms with Crippen molar-refractivity contribution in [2.45, 2.75) is 19.8 Å². The molecule has 3 rings (SSSR count). The van der Waals surface area contributed by atoms with Crippen molar-refractivity contribution in [3.8, 4) is 17.0 Å². The summed E-state index contributed by atoms with van der Waals surface area (Å²) in [6.45, 7) is 2.83. The van der Waals surface area contributed by atoms with E-state index in [1.54, 1.807) is 0 Å². The highest BCUT2D eigenvalue weighted by Crippen LogP contribution is 2.32. The molecule has 0 spiro atoms. The van der Waals surface area contributed by atoms with Crippen LogP contribution in [0, 0.1) is 6.92 Å². The zero-order valence-corrected chi connectivity index (χ0v) is 10.7. The second-order valence-corrected chi connectivity index (χ2v) is 4.76. The molecule has 4 heteroatoms. The van der Waals surface area contributed by atoms with Crippen molar-refractivity contribution < 1.29 is 4.74 Å². The summed E-state index contributed by atoms with van der Waals surface area (Å²) in [6.07, 6.45) is 2.17. The van der Waals surface area contributed by atoms with Gasteiger partial charge in [-0.25, -0.2) is 0 Å². The van der Waals surface area contributed by atoms with Gasteiger partial charge in [-0.3, -0.25) is 4.68 Å². The number of nitrogen functional groups attached to an aromatic ring is 1. The van der Waals surface area contributed by atoms with Crippen LogP contribution in [0.1, 0.15) is 17.5 Å². The molecule has 1 aliphatic heterocycles. The Kier molecular flexibility index (Phi) is 2.51. The van der Waals surface area contributed by atoms with E-state index in [0.29, 0.717) is 5.82 Å². The van der Waals surface area contributed by atoms with Crippen LogP contribution in [0.5, 0.6) is 5.75 Å². The zero-order valence-electron chi connectivity index (χ0n) is 10.7. The Morgan fingerprint density at radius 1 is 1.39 bits per heavy atom. The van der Waals surface area contributed by atoms with Gasteiger partial charge in [0.1, 0.15) is 11.6 Å². The maximum Gasteiger partial charge on any atom is 0.148 e. The van der Waals surface area contributed by atoms with Gasteiger partial charge in [0.05, 0.1) is 12.3 Å². The SMILES string of the molecule is Cc1c(N)nn(C)c1-c1ccc2c(c1)CCCO2. The lowest BCUT2D eigenvalue weighted by Crippen LogP contribution is -2.08. The van der Waals surface area contributed by atoms with Gasteiger partial charge in [-0.15, -0.1) is 0 Å². The fraction of sp³-hybridized carbons (Fsp3) is 0.357. The van der Waals surface area contributed by atoms with Gasteiger partial charge in [-0.05, 0) is 43.5 Å². The van der Waals surface area contributed by atoms with Crippen molar-refractivity contribution in [1.29, 1.82) is 0 Å². The molecule has 0 aliphatic carbocycles. The van der Waals surface area contributed by atoms with Gasteiger partial charge in [0, 0.05) is 18.2 Å². The first kappa shape index (κ1) is 11.1. The molecular formula is C14H17N3O. The van der Waals surface area contributed by atoms with Crippen LogP contribution in [0.3, 0.4) is 0 Å². The van der Waals surface area contributed by atoms with E-state index in [1.807, 2.05) is 24.7 Å². The number of nitrogens with two attached hydrogens (primary N) is 1. The Labute approximate surface area is 106 Å². The van der Waals surface area contributed by atoms with Gasteiger partial charge in [-0.1, -0.05) is 0 Å². The molecule has 0 unspecified atom stereocenters. The molecule has 1 aromatic heterocycles. The lowest BCUT2D eigenvalue weighted by Gasteiger charge is -2.18. The summed E-state index contributed by atoms with van der Waals surface area (Å²) in [4.78, 5) is 0. The summed E-state index contributed by atoms with van der Waals surface area (Å²) in [5, 5.41) is 4.26. The molecule has 1 aliphatic rings. The molecule has 0 fully saturated rings. The third-order valence-corrected chi connectivity index (χ3v) is 3.50. The van der Waals surface area contributed by atoms with Crippen molar-refractivity contribution >= 4 is 5.82 Å². The van der Waals surface area contributed by atoms with Gasteiger partial charge >= 0.3 is 0 Å². The van der Waals surface area contributed by atoms with Gasteiger partial charge in [0.15, 0.2) is 0 Å². The third kappa shape index (κ3) is 1.65. The molecule has 0 saturated carbocycles. The summed E-state index contributed by atoms with van der Waals surface area (Å²) >= 11 is 0. The Morgan fingerprint density at radius 2 is 2.22 bits per heavy atom. The minimum atomic E-state index is 0.599. The highest BCUT2D eigenvalue weighted by Gasteiger charge is 2.15. The number of hydrogen-bond acceptors (Lipinski definition) is 3. The third-order valence-electron chi connectivity index (χ3n) is 3.50. The summed E-state index contributed by atoms with van der Waals surface area (Å²) < 4.78 is 7.48. The Bertz CT molecular complexity index is 601. The molecule has 2 aromatic rings. The molecule has 0 amide bonds. The van der Waals surface area contributed by atoms with Crippen LogP contribution in [0.15, 0.2) is 18.2 Å². The van der Waals surface area contributed by atoms with Gasteiger partial charge in [0.2, 0.25) is 0 Å². The van der Waals surface area contributed by atoms with E-state index in [0.717, 1.165) is 42.0 Å². The summed E-state index contributed by atoms with van der Waals surface area (Å²) in [7, 11) is 1.93. The molecule has 18 heavy (non-hydrogen) atoms. The molecule has 2 heterocycles. The number of hydrogen-bond donors (Lipinski definition) is 1. The number of aryl methyl sites for hydroxylation is 2. The average Bonchev–Trinajstić information content (AvgIpc) is 2.63. The first-order valence-corrected chi connectivity index (χ1v) is 6.22. The second kappa shape index (κ2) is 4.05. The molecule has 0 atom stereocenters. The number of benzene rings is 1. The highest BCUT2D eigenvalue weighted by molar-refractivity contribution is 5.69. The Hall–Kier alpha value is -1.97. The van der Waals surface area contributed by atoms with E-state index in [2.05, 4.69) is 17.2 Å². The highest BCUT2D eigenvalue weighted by atomic mass is 16.5. The number of anilines is 1. The van der Waals surface area contributed by atoms with E-state index in [1.165, 1.54) is 5.56 Å².